The molecule has 2 aromatic carbocycles. The van der Waals surface area contributed by atoms with Gasteiger partial charge in [-0.15, -0.1) is 5.10 Å². The molecule has 5 rings (SSSR count). The van der Waals surface area contributed by atoms with Gasteiger partial charge in [-0.05, 0) is 23.8 Å². The van der Waals surface area contributed by atoms with Gasteiger partial charge in [0.2, 0.25) is 0 Å². The van der Waals surface area contributed by atoms with Crippen LogP contribution in [-0.4, -0.2) is 67.7 Å². The molecule has 1 atom stereocenters. The molecule has 9 heteroatoms. The molecule has 1 aliphatic heterocycles. The van der Waals surface area contributed by atoms with Gasteiger partial charge in [0.15, 0.2) is 0 Å². The molecule has 1 fully saturated rings. The summed E-state index contributed by atoms with van der Waals surface area (Å²) in [5, 5.41) is 5.66. The van der Waals surface area contributed by atoms with E-state index in [1.165, 1.54) is 0 Å². The van der Waals surface area contributed by atoms with Crippen molar-refractivity contribution in [1.82, 2.24) is 24.6 Å². The fraction of sp³-hybridized carbons (Fsp3) is 0.217. The Morgan fingerprint density at radius 2 is 1.75 bits per heavy atom. The lowest BCUT2D eigenvalue weighted by molar-refractivity contribution is 0.0303. The summed E-state index contributed by atoms with van der Waals surface area (Å²) in [5.41, 5.74) is 3.07. The maximum absolute atomic E-state index is 13.0. The van der Waals surface area contributed by atoms with Crippen molar-refractivity contribution in [3.05, 3.63) is 66.5 Å². The number of carbonyl (C=O) groups is 1. The number of fused-ring (bicyclic) bond motifs is 1. The summed E-state index contributed by atoms with van der Waals surface area (Å²) in [7, 11) is 0. The van der Waals surface area contributed by atoms with Gasteiger partial charge in [-0.25, -0.2) is 9.97 Å². The van der Waals surface area contributed by atoms with E-state index in [1.807, 2.05) is 30.3 Å². The molecular formula is C23H21N5O3S. The number of rotatable bonds is 4. The fourth-order valence-electron chi connectivity index (χ4n) is 3.74. The van der Waals surface area contributed by atoms with Gasteiger partial charge in [0.05, 0.1) is 24.1 Å². The smallest absolute Gasteiger partial charge is 0.271 e. The van der Waals surface area contributed by atoms with Gasteiger partial charge >= 0.3 is 0 Å². The quantitative estimate of drug-likeness (QED) is 0.446. The number of amides is 1. The molecule has 1 aliphatic rings. The van der Waals surface area contributed by atoms with E-state index in [2.05, 4.69) is 15.1 Å². The predicted octanol–water partition coefficient (Wildman–Crippen LogP) is 2.69. The van der Waals surface area contributed by atoms with Crippen molar-refractivity contribution in [2.24, 2.45) is 0 Å². The van der Waals surface area contributed by atoms with Crippen LogP contribution >= 0.6 is 0 Å². The van der Waals surface area contributed by atoms with Crippen LogP contribution in [0.15, 0.2) is 66.0 Å². The van der Waals surface area contributed by atoms with E-state index < -0.39 is 11.2 Å². The summed E-state index contributed by atoms with van der Waals surface area (Å²) in [6, 6.07) is 15.2. The lowest BCUT2D eigenvalue weighted by Gasteiger charge is -2.26. The van der Waals surface area contributed by atoms with Gasteiger partial charge in [0.25, 0.3) is 16.9 Å². The highest BCUT2D eigenvalue weighted by Gasteiger charge is 2.24. The van der Waals surface area contributed by atoms with E-state index in [4.69, 9.17) is 4.74 Å². The summed E-state index contributed by atoms with van der Waals surface area (Å²) in [6.45, 7) is 2.19. The summed E-state index contributed by atoms with van der Waals surface area (Å²) in [6.07, 6.45) is 5.05. The van der Waals surface area contributed by atoms with Gasteiger partial charge in [-0.3, -0.25) is 4.79 Å². The zero-order chi connectivity index (χ0) is 22.1. The zero-order valence-electron chi connectivity index (χ0n) is 17.5. The van der Waals surface area contributed by atoms with Crippen LogP contribution in [0.4, 0.5) is 0 Å². The Kier molecular flexibility index (Phi) is 5.60. The Bertz CT molecular complexity index is 1250. The second-order valence-electron chi connectivity index (χ2n) is 7.45. The van der Waals surface area contributed by atoms with Crippen LogP contribution in [0.3, 0.4) is 0 Å². The van der Waals surface area contributed by atoms with Gasteiger partial charge in [-0.1, -0.05) is 30.3 Å². The molecule has 0 bridgehead atoms. The standard InChI is InChI=1S/C23H21N5O3S/c1-32(30)21-19-8-7-17(22(29)27-9-11-31-12-10-27)13-20(19)28(26-21)23-24-14-18(15-25-23)16-5-3-2-4-6-16/h2-8,13-15H,9-12H2,1H3. The summed E-state index contributed by atoms with van der Waals surface area (Å²) in [4.78, 5) is 23.7. The lowest BCUT2D eigenvalue weighted by Crippen LogP contribution is -2.40. The minimum Gasteiger partial charge on any atom is -0.610 e. The summed E-state index contributed by atoms with van der Waals surface area (Å²) >= 11 is -1.31. The van der Waals surface area contributed by atoms with Crippen molar-refractivity contribution in [3.63, 3.8) is 0 Å². The van der Waals surface area contributed by atoms with Crippen LogP contribution in [0.2, 0.25) is 0 Å². The number of aromatic nitrogens is 4. The highest BCUT2D eigenvalue weighted by atomic mass is 32.2. The Morgan fingerprint density at radius 1 is 1.03 bits per heavy atom. The Labute approximate surface area is 188 Å². The zero-order valence-corrected chi connectivity index (χ0v) is 18.3. The molecule has 4 aromatic rings. The number of hydrogen-bond donors (Lipinski definition) is 0. The number of morpholine rings is 1. The number of ether oxygens (including phenoxy) is 1. The Hall–Kier alpha value is -3.27. The molecule has 32 heavy (non-hydrogen) atoms. The third kappa shape index (κ3) is 3.86. The van der Waals surface area contributed by atoms with Gasteiger partial charge < -0.3 is 14.2 Å². The largest absolute Gasteiger partial charge is 0.610 e. The monoisotopic (exact) mass is 447 g/mol. The average molecular weight is 448 g/mol. The molecule has 1 unspecified atom stereocenters. The van der Waals surface area contributed by atoms with Gasteiger partial charge in [-0.2, -0.15) is 4.68 Å². The number of hydrogen-bond acceptors (Lipinski definition) is 6. The molecule has 8 nitrogen and oxygen atoms in total. The van der Waals surface area contributed by atoms with Crippen LogP contribution in [0, 0.1) is 0 Å². The predicted molar refractivity (Wildman–Crippen MR) is 121 cm³/mol. The number of benzene rings is 2. The van der Waals surface area contributed by atoms with Crippen LogP contribution in [0.5, 0.6) is 0 Å². The average Bonchev–Trinajstić information content (AvgIpc) is 3.24. The van der Waals surface area contributed by atoms with Crippen LogP contribution in [0.1, 0.15) is 10.4 Å². The second kappa shape index (κ2) is 8.70. The molecule has 0 saturated carbocycles. The maximum Gasteiger partial charge on any atom is 0.271 e. The van der Waals surface area contributed by atoms with E-state index >= 15 is 0 Å². The molecular weight excluding hydrogens is 426 g/mol. The van der Waals surface area contributed by atoms with E-state index in [9.17, 15) is 9.35 Å². The molecule has 0 radical (unpaired) electrons. The fourth-order valence-corrected chi connectivity index (χ4v) is 4.42. The first-order valence-electron chi connectivity index (χ1n) is 10.2. The molecule has 1 amide bonds. The number of nitrogens with zero attached hydrogens (tertiary/aromatic N) is 5. The minimum absolute atomic E-state index is 0.0672. The van der Waals surface area contributed by atoms with E-state index in [1.54, 1.807) is 46.4 Å². The molecule has 0 spiro atoms. The summed E-state index contributed by atoms with van der Waals surface area (Å²) < 4.78 is 19.2. The second-order valence-corrected chi connectivity index (χ2v) is 8.74. The molecule has 0 aliphatic carbocycles. The first-order valence-corrected chi connectivity index (χ1v) is 11.8. The van der Waals surface area contributed by atoms with Crippen molar-refractivity contribution in [2.45, 2.75) is 5.03 Å². The molecule has 1 saturated heterocycles. The highest BCUT2D eigenvalue weighted by Crippen LogP contribution is 2.27. The van der Waals surface area contributed by atoms with E-state index in [-0.39, 0.29) is 5.91 Å². The van der Waals surface area contributed by atoms with Crippen molar-refractivity contribution < 1.29 is 14.1 Å². The third-order valence-corrected chi connectivity index (χ3v) is 6.25. The van der Waals surface area contributed by atoms with Crippen molar-refractivity contribution in [3.8, 4) is 17.1 Å². The topological polar surface area (TPSA) is 96.2 Å². The normalized spacial score (nSPS) is 15.1. The van der Waals surface area contributed by atoms with Crippen molar-refractivity contribution in [2.75, 3.05) is 32.6 Å². The van der Waals surface area contributed by atoms with Crippen LogP contribution in [-0.2, 0) is 15.9 Å². The first-order chi connectivity index (χ1) is 15.6. The molecule has 3 heterocycles. The number of carbonyl (C=O) groups excluding carboxylic acids is 1. The van der Waals surface area contributed by atoms with E-state index in [0.717, 1.165) is 11.1 Å². The van der Waals surface area contributed by atoms with Crippen LogP contribution < -0.4 is 0 Å². The van der Waals surface area contributed by atoms with Gasteiger partial charge in [0, 0.05) is 47.8 Å². The maximum atomic E-state index is 13.0. The molecule has 162 valence electrons. The van der Waals surface area contributed by atoms with Crippen LogP contribution in [0.25, 0.3) is 28.0 Å². The molecule has 2 aromatic heterocycles. The first kappa shape index (κ1) is 20.6. The Morgan fingerprint density at radius 3 is 2.44 bits per heavy atom. The third-order valence-electron chi connectivity index (χ3n) is 5.40. The SMILES string of the molecule is C[S+]([O-])c1nn(-c2ncc(-c3ccccc3)cn2)c2cc(C(=O)N3CCOCC3)ccc12. The Balaban J connectivity index is 1.56. The van der Waals surface area contributed by atoms with E-state index in [0.29, 0.717) is 53.7 Å². The summed E-state index contributed by atoms with van der Waals surface area (Å²) in [5.74, 6) is 0.282. The minimum atomic E-state index is -1.31. The lowest BCUT2D eigenvalue weighted by atomic mass is 10.1. The highest BCUT2D eigenvalue weighted by molar-refractivity contribution is 7.90. The van der Waals surface area contributed by atoms with Gasteiger partial charge in [0.1, 0.15) is 6.26 Å². The van der Waals surface area contributed by atoms with Crippen molar-refractivity contribution in [1.29, 1.82) is 0 Å². The van der Waals surface area contributed by atoms with Crippen molar-refractivity contribution >= 4 is 28.0 Å². The molecule has 0 N–H and O–H groups in total.